The highest BCUT2D eigenvalue weighted by Gasteiger charge is 2.43. The van der Waals surface area contributed by atoms with Gasteiger partial charge in [0.1, 0.15) is 6.61 Å². The van der Waals surface area contributed by atoms with Crippen molar-refractivity contribution in [3.63, 3.8) is 0 Å². The third-order valence-corrected chi connectivity index (χ3v) is 5.36. The van der Waals surface area contributed by atoms with Crippen LogP contribution in [-0.4, -0.2) is 32.1 Å². The first-order valence-electron chi connectivity index (χ1n) is 9.70. The van der Waals surface area contributed by atoms with E-state index in [1.807, 2.05) is 38.1 Å². The van der Waals surface area contributed by atoms with Gasteiger partial charge in [-0.3, -0.25) is 4.79 Å². The van der Waals surface area contributed by atoms with Crippen LogP contribution in [0.15, 0.2) is 46.8 Å². The first-order valence-corrected chi connectivity index (χ1v) is 9.70. The molecule has 0 unspecified atom stereocenters. The summed E-state index contributed by atoms with van der Waals surface area (Å²) >= 11 is 0. The largest absolute Gasteiger partial charge is 0.460 e. The van der Waals surface area contributed by atoms with E-state index < -0.39 is 11.9 Å². The predicted octanol–water partition coefficient (Wildman–Crippen LogP) is 3.79. The van der Waals surface area contributed by atoms with E-state index in [1.54, 1.807) is 7.11 Å². The minimum absolute atomic E-state index is 0.0972. The maximum absolute atomic E-state index is 13.2. The summed E-state index contributed by atoms with van der Waals surface area (Å²) in [6.07, 6.45) is 1.25. The van der Waals surface area contributed by atoms with Crippen LogP contribution in [-0.2, 0) is 19.1 Å². The molecular formula is C23H29NO4. The lowest BCUT2D eigenvalue weighted by Gasteiger charge is -2.39. The van der Waals surface area contributed by atoms with Gasteiger partial charge in [0.05, 0.1) is 12.2 Å². The number of aryl methyl sites for hydroxylation is 1. The third kappa shape index (κ3) is 4.04. The Labute approximate surface area is 166 Å². The molecule has 0 bridgehead atoms. The summed E-state index contributed by atoms with van der Waals surface area (Å²) in [6, 6.07) is 8.01. The Morgan fingerprint density at radius 1 is 1.21 bits per heavy atom. The number of carbonyl (C=O) groups is 2. The highest BCUT2D eigenvalue weighted by atomic mass is 16.6. The number of hydrogen-bond acceptors (Lipinski definition) is 5. The van der Waals surface area contributed by atoms with E-state index in [-0.39, 0.29) is 17.8 Å². The zero-order valence-corrected chi connectivity index (χ0v) is 17.3. The number of nitrogens with one attached hydrogen (secondary N) is 1. The summed E-state index contributed by atoms with van der Waals surface area (Å²) in [6.45, 7) is 8.61. The quantitative estimate of drug-likeness (QED) is 0.619. The lowest BCUT2D eigenvalue weighted by molar-refractivity contribution is -0.140. The van der Waals surface area contributed by atoms with Gasteiger partial charge in [-0.2, -0.15) is 0 Å². The zero-order valence-electron chi connectivity index (χ0n) is 17.3. The van der Waals surface area contributed by atoms with Crippen LogP contribution in [0.1, 0.15) is 50.7 Å². The molecule has 0 saturated carbocycles. The van der Waals surface area contributed by atoms with E-state index in [9.17, 15) is 9.59 Å². The number of ether oxygens (including phenoxy) is 2. The van der Waals surface area contributed by atoms with Crippen LogP contribution in [0.4, 0.5) is 0 Å². The Kier molecular flexibility index (Phi) is 5.75. The fourth-order valence-corrected chi connectivity index (χ4v) is 4.19. The van der Waals surface area contributed by atoms with Gasteiger partial charge >= 0.3 is 5.97 Å². The molecule has 5 nitrogen and oxygen atoms in total. The van der Waals surface area contributed by atoms with Crippen molar-refractivity contribution in [3.8, 4) is 0 Å². The van der Waals surface area contributed by atoms with Crippen molar-refractivity contribution in [1.82, 2.24) is 5.32 Å². The molecule has 1 aromatic rings. The van der Waals surface area contributed by atoms with E-state index in [4.69, 9.17) is 9.47 Å². The number of ketones is 1. The predicted molar refractivity (Wildman–Crippen MR) is 108 cm³/mol. The van der Waals surface area contributed by atoms with Gasteiger partial charge in [-0.25, -0.2) is 4.79 Å². The van der Waals surface area contributed by atoms with E-state index in [1.165, 1.54) is 0 Å². The van der Waals surface area contributed by atoms with Crippen molar-refractivity contribution in [2.75, 3.05) is 20.3 Å². The van der Waals surface area contributed by atoms with Gasteiger partial charge in [-0.05, 0) is 31.2 Å². The molecule has 2 aliphatic rings. The molecule has 28 heavy (non-hydrogen) atoms. The highest BCUT2D eigenvalue weighted by Crippen LogP contribution is 2.46. The number of carbonyl (C=O) groups excluding carboxylic acids is 2. The molecule has 150 valence electrons. The average molecular weight is 383 g/mol. The summed E-state index contributed by atoms with van der Waals surface area (Å²) < 4.78 is 10.4. The number of methoxy groups -OCH3 is 1. The molecule has 1 aromatic carbocycles. The van der Waals surface area contributed by atoms with Crippen molar-refractivity contribution in [2.24, 2.45) is 5.41 Å². The molecule has 3 rings (SSSR count). The summed E-state index contributed by atoms with van der Waals surface area (Å²) in [5.74, 6) is -0.715. The number of allylic oxidation sites excluding steroid dienone is 3. The average Bonchev–Trinajstić information content (AvgIpc) is 2.59. The molecule has 0 saturated heterocycles. The van der Waals surface area contributed by atoms with Crippen molar-refractivity contribution in [1.29, 1.82) is 0 Å². The molecule has 0 aromatic heterocycles. The number of hydrogen-bond donors (Lipinski definition) is 1. The third-order valence-electron chi connectivity index (χ3n) is 5.36. The molecule has 0 spiro atoms. The smallest absolute Gasteiger partial charge is 0.336 e. The van der Waals surface area contributed by atoms with Gasteiger partial charge in [0, 0.05) is 36.4 Å². The van der Waals surface area contributed by atoms with E-state index in [2.05, 4.69) is 19.2 Å². The van der Waals surface area contributed by atoms with Crippen molar-refractivity contribution < 1.29 is 19.1 Å². The van der Waals surface area contributed by atoms with Crippen LogP contribution >= 0.6 is 0 Å². The van der Waals surface area contributed by atoms with Crippen LogP contribution in [0.25, 0.3) is 0 Å². The molecule has 1 aliphatic carbocycles. The highest BCUT2D eigenvalue weighted by molar-refractivity contribution is 6.04. The molecular weight excluding hydrogens is 354 g/mol. The van der Waals surface area contributed by atoms with Crippen LogP contribution < -0.4 is 5.32 Å². The molecule has 1 heterocycles. The van der Waals surface area contributed by atoms with Crippen LogP contribution in [0.2, 0.25) is 0 Å². The zero-order chi connectivity index (χ0) is 20.5. The van der Waals surface area contributed by atoms with E-state index in [0.717, 1.165) is 28.9 Å². The molecule has 0 amide bonds. The molecule has 0 radical (unpaired) electrons. The summed E-state index contributed by atoms with van der Waals surface area (Å²) in [5.41, 5.74) is 4.82. The SMILES string of the molecule is COCCOC(=O)C1=C(C)NC2=C(C(=O)CC(C)(C)C2)[C@@H]1c1cccc(C)c1. The number of benzene rings is 1. The second kappa shape index (κ2) is 7.92. The maximum atomic E-state index is 13.2. The van der Waals surface area contributed by atoms with Crippen LogP contribution in [0, 0.1) is 12.3 Å². The Bertz CT molecular complexity index is 863. The van der Waals surface area contributed by atoms with Crippen LogP contribution in [0.5, 0.6) is 0 Å². The Morgan fingerprint density at radius 2 is 1.96 bits per heavy atom. The fourth-order valence-electron chi connectivity index (χ4n) is 4.19. The molecule has 0 fully saturated rings. The van der Waals surface area contributed by atoms with Crippen LogP contribution in [0.3, 0.4) is 0 Å². The Hall–Kier alpha value is -2.40. The van der Waals surface area contributed by atoms with Gasteiger partial charge in [0.25, 0.3) is 0 Å². The minimum Gasteiger partial charge on any atom is -0.460 e. The van der Waals surface area contributed by atoms with Gasteiger partial charge in [0.15, 0.2) is 5.78 Å². The number of Topliss-reactive ketones (excluding diaryl/α,β-unsaturated/α-hetero) is 1. The lowest BCUT2D eigenvalue weighted by atomic mass is 9.68. The number of rotatable bonds is 5. The van der Waals surface area contributed by atoms with Gasteiger partial charge in [-0.15, -0.1) is 0 Å². The summed E-state index contributed by atoms with van der Waals surface area (Å²) in [7, 11) is 1.57. The lowest BCUT2D eigenvalue weighted by Crippen LogP contribution is -2.38. The van der Waals surface area contributed by atoms with Gasteiger partial charge in [-0.1, -0.05) is 43.7 Å². The normalized spacial score (nSPS) is 21.3. The minimum atomic E-state index is -0.408. The second-order valence-corrected chi connectivity index (χ2v) is 8.47. The van der Waals surface area contributed by atoms with Crippen molar-refractivity contribution >= 4 is 11.8 Å². The molecule has 1 atom stereocenters. The van der Waals surface area contributed by atoms with Crippen molar-refractivity contribution in [3.05, 3.63) is 57.9 Å². The second-order valence-electron chi connectivity index (χ2n) is 8.47. The Morgan fingerprint density at radius 3 is 2.64 bits per heavy atom. The standard InChI is InChI=1S/C23H29NO4/c1-14-7-6-8-16(11-14)20-19(22(26)28-10-9-27-5)15(2)24-17-12-23(3,4)13-18(25)21(17)20/h6-8,11,20,24H,9-10,12-13H2,1-5H3/t20-/m1/s1. The fraction of sp³-hybridized carbons (Fsp3) is 0.478. The number of dihydropyridines is 1. The summed E-state index contributed by atoms with van der Waals surface area (Å²) in [4.78, 5) is 26.1. The van der Waals surface area contributed by atoms with E-state index in [0.29, 0.717) is 24.2 Å². The molecule has 1 aliphatic heterocycles. The van der Waals surface area contributed by atoms with Crippen molar-refractivity contribution in [2.45, 2.75) is 46.5 Å². The molecule has 1 N–H and O–H groups in total. The summed E-state index contributed by atoms with van der Waals surface area (Å²) in [5, 5.41) is 3.35. The van der Waals surface area contributed by atoms with Gasteiger partial charge < -0.3 is 14.8 Å². The first kappa shape index (κ1) is 20.3. The first-order chi connectivity index (χ1) is 13.2. The topological polar surface area (TPSA) is 64.6 Å². The van der Waals surface area contributed by atoms with E-state index >= 15 is 0 Å². The monoisotopic (exact) mass is 383 g/mol. The number of esters is 1. The Balaban J connectivity index is 2.09. The maximum Gasteiger partial charge on any atom is 0.336 e. The van der Waals surface area contributed by atoms with Gasteiger partial charge in [0.2, 0.25) is 0 Å². The molecule has 5 heteroatoms.